The SMILES string of the molecule is Cc1cccnc1CNS(=O)(=O)c1ccc(CCN)cc1. The van der Waals surface area contributed by atoms with Crippen LogP contribution in [0, 0.1) is 6.92 Å². The molecule has 0 saturated heterocycles. The van der Waals surface area contributed by atoms with Crippen LogP contribution in [0.25, 0.3) is 0 Å². The second-order valence-electron chi connectivity index (χ2n) is 4.77. The van der Waals surface area contributed by atoms with E-state index in [9.17, 15) is 8.42 Å². The van der Waals surface area contributed by atoms with Gasteiger partial charge >= 0.3 is 0 Å². The summed E-state index contributed by atoms with van der Waals surface area (Å²) in [6, 6.07) is 10.5. The summed E-state index contributed by atoms with van der Waals surface area (Å²) in [5.74, 6) is 0. The standard InChI is InChI=1S/C15H19N3O2S/c1-12-3-2-10-17-15(12)11-18-21(19,20)14-6-4-13(5-7-14)8-9-16/h2-7,10,18H,8-9,11,16H2,1H3. The maximum atomic E-state index is 12.2. The molecule has 0 aliphatic carbocycles. The van der Waals surface area contributed by atoms with E-state index in [2.05, 4.69) is 9.71 Å². The number of aromatic nitrogens is 1. The summed E-state index contributed by atoms with van der Waals surface area (Å²) in [7, 11) is -3.53. The molecule has 1 aromatic heterocycles. The van der Waals surface area contributed by atoms with Crippen LogP contribution < -0.4 is 10.5 Å². The summed E-state index contributed by atoms with van der Waals surface area (Å²) in [5, 5.41) is 0. The van der Waals surface area contributed by atoms with E-state index in [0.29, 0.717) is 6.54 Å². The predicted octanol–water partition coefficient (Wildman–Crippen LogP) is 1.37. The maximum Gasteiger partial charge on any atom is 0.240 e. The van der Waals surface area contributed by atoms with Crippen molar-refractivity contribution in [3.63, 3.8) is 0 Å². The summed E-state index contributed by atoms with van der Waals surface area (Å²) < 4.78 is 27.0. The van der Waals surface area contributed by atoms with E-state index in [4.69, 9.17) is 5.73 Å². The van der Waals surface area contributed by atoms with Gasteiger partial charge in [0, 0.05) is 6.20 Å². The van der Waals surface area contributed by atoms with E-state index in [1.165, 1.54) is 0 Å². The third-order valence-electron chi connectivity index (χ3n) is 3.21. The van der Waals surface area contributed by atoms with E-state index in [1.807, 2.05) is 19.1 Å². The van der Waals surface area contributed by atoms with Gasteiger partial charge < -0.3 is 5.73 Å². The molecule has 0 unspecified atom stereocenters. The molecule has 0 amide bonds. The van der Waals surface area contributed by atoms with Gasteiger partial charge in [0.1, 0.15) is 0 Å². The lowest BCUT2D eigenvalue weighted by molar-refractivity contribution is 0.580. The van der Waals surface area contributed by atoms with Crippen molar-refractivity contribution in [1.29, 1.82) is 0 Å². The van der Waals surface area contributed by atoms with Gasteiger partial charge in [0.25, 0.3) is 0 Å². The molecule has 3 N–H and O–H groups in total. The fourth-order valence-electron chi connectivity index (χ4n) is 1.95. The normalized spacial score (nSPS) is 11.5. The van der Waals surface area contributed by atoms with Crippen LogP contribution in [0.1, 0.15) is 16.8 Å². The van der Waals surface area contributed by atoms with Crippen molar-refractivity contribution in [1.82, 2.24) is 9.71 Å². The average molecular weight is 305 g/mol. The van der Waals surface area contributed by atoms with E-state index in [0.717, 1.165) is 23.2 Å². The van der Waals surface area contributed by atoms with Crippen molar-refractivity contribution in [2.75, 3.05) is 6.54 Å². The molecule has 0 atom stereocenters. The van der Waals surface area contributed by atoms with Crippen LogP contribution in [0.5, 0.6) is 0 Å². The van der Waals surface area contributed by atoms with Crippen LogP contribution in [-0.4, -0.2) is 19.9 Å². The van der Waals surface area contributed by atoms with E-state index >= 15 is 0 Å². The van der Waals surface area contributed by atoms with Crippen LogP contribution in [0.15, 0.2) is 47.5 Å². The van der Waals surface area contributed by atoms with Gasteiger partial charge in [0.15, 0.2) is 0 Å². The minimum atomic E-state index is -3.53. The lowest BCUT2D eigenvalue weighted by atomic mass is 10.2. The fourth-order valence-corrected chi connectivity index (χ4v) is 2.94. The topological polar surface area (TPSA) is 85.1 Å². The van der Waals surface area contributed by atoms with Gasteiger partial charge in [-0.2, -0.15) is 0 Å². The molecule has 1 aromatic carbocycles. The Hall–Kier alpha value is -1.76. The molecule has 1 heterocycles. The molecule has 21 heavy (non-hydrogen) atoms. The van der Waals surface area contributed by atoms with Crippen LogP contribution in [0.2, 0.25) is 0 Å². The first-order chi connectivity index (χ1) is 10.0. The van der Waals surface area contributed by atoms with Crippen molar-refractivity contribution >= 4 is 10.0 Å². The average Bonchev–Trinajstić information content (AvgIpc) is 2.47. The minimum absolute atomic E-state index is 0.180. The van der Waals surface area contributed by atoms with Crippen LogP contribution in [0.4, 0.5) is 0 Å². The largest absolute Gasteiger partial charge is 0.330 e. The summed E-state index contributed by atoms with van der Waals surface area (Å²) >= 11 is 0. The van der Waals surface area contributed by atoms with Crippen molar-refractivity contribution in [3.05, 3.63) is 59.4 Å². The molecule has 0 saturated carbocycles. The number of benzene rings is 1. The van der Waals surface area contributed by atoms with E-state index in [-0.39, 0.29) is 11.4 Å². The first-order valence-electron chi connectivity index (χ1n) is 6.72. The summed E-state index contributed by atoms with van der Waals surface area (Å²) in [5.41, 5.74) is 8.18. The Bertz CT molecular complexity index is 697. The molecule has 0 spiro atoms. The van der Waals surface area contributed by atoms with Crippen molar-refractivity contribution in [3.8, 4) is 0 Å². The molecule has 112 valence electrons. The molecule has 0 bridgehead atoms. The molecule has 2 rings (SSSR count). The molecule has 0 fully saturated rings. The molecular formula is C15H19N3O2S. The van der Waals surface area contributed by atoms with Gasteiger partial charge in [-0.3, -0.25) is 4.98 Å². The van der Waals surface area contributed by atoms with Gasteiger partial charge in [0.2, 0.25) is 10.0 Å². The third-order valence-corrected chi connectivity index (χ3v) is 4.63. The molecule has 0 aliphatic heterocycles. The Labute approximate surface area is 125 Å². The number of hydrogen-bond donors (Lipinski definition) is 2. The number of nitrogens with zero attached hydrogens (tertiary/aromatic N) is 1. The lowest BCUT2D eigenvalue weighted by Gasteiger charge is -2.08. The van der Waals surface area contributed by atoms with E-state index in [1.54, 1.807) is 30.5 Å². The minimum Gasteiger partial charge on any atom is -0.330 e. The summed E-state index contributed by atoms with van der Waals surface area (Å²) in [6.45, 7) is 2.63. The smallest absolute Gasteiger partial charge is 0.240 e. The predicted molar refractivity (Wildman–Crippen MR) is 82.2 cm³/mol. The Kier molecular flexibility index (Phi) is 5.06. The fraction of sp³-hybridized carbons (Fsp3) is 0.267. The van der Waals surface area contributed by atoms with Gasteiger partial charge in [-0.25, -0.2) is 13.1 Å². The second kappa shape index (κ2) is 6.80. The van der Waals surface area contributed by atoms with Crippen molar-refractivity contribution < 1.29 is 8.42 Å². The Morgan fingerprint density at radius 3 is 2.52 bits per heavy atom. The van der Waals surface area contributed by atoms with Gasteiger partial charge in [0.05, 0.1) is 17.1 Å². The summed E-state index contributed by atoms with van der Waals surface area (Å²) in [4.78, 5) is 4.42. The lowest BCUT2D eigenvalue weighted by Crippen LogP contribution is -2.24. The van der Waals surface area contributed by atoms with Crippen LogP contribution in [-0.2, 0) is 23.0 Å². The zero-order valence-corrected chi connectivity index (χ0v) is 12.7. The quantitative estimate of drug-likeness (QED) is 0.844. The molecule has 0 radical (unpaired) electrons. The monoisotopic (exact) mass is 305 g/mol. The number of nitrogens with one attached hydrogen (secondary N) is 1. The highest BCUT2D eigenvalue weighted by Crippen LogP contribution is 2.12. The number of sulfonamides is 1. The Morgan fingerprint density at radius 2 is 1.90 bits per heavy atom. The zero-order valence-electron chi connectivity index (χ0n) is 11.9. The van der Waals surface area contributed by atoms with Crippen molar-refractivity contribution in [2.24, 2.45) is 5.73 Å². The Balaban J connectivity index is 2.09. The number of pyridine rings is 1. The number of rotatable bonds is 6. The van der Waals surface area contributed by atoms with Gasteiger partial charge in [-0.05, 0) is 49.2 Å². The second-order valence-corrected chi connectivity index (χ2v) is 6.54. The van der Waals surface area contributed by atoms with E-state index < -0.39 is 10.0 Å². The molecule has 5 nitrogen and oxygen atoms in total. The molecule has 2 aromatic rings. The number of aryl methyl sites for hydroxylation is 1. The van der Waals surface area contributed by atoms with Crippen LogP contribution in [0.3, 0.4) is 0 Å². The molecule has 0 aliphatic rings. The highest BCUT2D eigenvalue weighted by molar-refractivity contribution is 7.89. The molecule has 6 heteroatoms. The first-order valence-corrected chi connectivity index (χ1v) is 8.20. The third kappa shape index (κ3) is 4.10. The van der Waals surface area contributed by atoms with Crippen LogP contribution >= 0.6 is 0 Å². The summed E-state index contributed by atoms with van der Waals surface area (Å²) in [6.07, 6.45) is 2.39. The maximum absolute atomic E-state index is 12.2. The number of hydrogen-bond acceptors (Lipinski definition) is 4. The van der Waals surface area contributed by atoms with Crippen molar-refractivity contribution in [2.45, 2.75) is 24.8 Å². The highest BCUT2D eigenvalue weighted by atomic mass is 32.2. The highest BCUT2D eigenvalue weighted by Gasteiger charge is 2.14. The van der Waals surface area contributed by atoms with Gasteiger partial charge in [-0.1, -0.05) is 18.2 Å². The number of nitrogens with two attached hydrogens (primary N) is 1. The van der Waals surface area contributed by atoms with Gasteiger partial charge in [-0.15, -0.1) is 0 Å². The molecular weight excluding hydrogens is 286 g/mol. The first kappa shape index (κ1) is 15.6. The zero-order chi connectivity index (χ0) is 15.3. The Morgan fingerprint density at radius 1 is 1.19 bits per heavy atom.